The van der Waals surface area contributed by atoms with Gasteiger partial charge in [0.15, 0.2) is 0 Å². The summed E-state index contributed by atoms with van der Waals surface area (Å²) in [6, 6.07) is 18.4. The zero-order valence-electron chi connectivity index (χ0n) is 20.4. The minimum absolute atomic E-state index is 0.0474. The Morgan fingerprint density at radius 1 is 1.14 bits per heavy atom. The number of rotatable bonds is 10. The first-order valence-electron chi connectivity index (χ1n) is 12.4. The molecule has 0 bridgehead atoms. The van der Waals surface area contributed by atoms with Gasteiger partial charge in [-0.2, -0.15) is 8.42 Å². The first-order chi connectivity index (χ1) is 17.9. The Balaban J connectivity index is 1.46. The van der Waals surface area contributed by atoms with Crippen molar-refractivity contribution >= 4 is 15.7 Å². The van der Waals surface area contributed by atoms with Crippen molar-refractivity contribution in [1.82, 2.24) is 9.97 Å². The summed E-state index contributed by atoms with van der Waals surface area (Å²) in [4.78, 5) is 19.7. The average molecular weight is 520 g/mol. The summed E-state index contributed by atoms with van der Waals surface area (Å²) in [7, 11) is -3.89. The number of H-pyrrole nitrogens is 1. The maximum Gasteiger partial charge on any atom is 0.343 e. The summed E-state index contributed by atoms with van der Waals surface area (Å²) in [6.45, 7) is 2.03. The highest BCUT2D eigenvalue weighted by Crippen LogP contribution is 2.48. The third kappa shape index (κ3) is 5.46. The molecule has 2 aromatic heterocycles. The molecule has 2 atom stereocenters. The second-order valence-corrected chi connectivity index (χ2v) is 11.1. The topological polar surface area (TPSA) is 125 Å². The Labute approximate surface area is 215 Å². The number of sulfonamides is 1. The summed E-state index contributed by atoms with van der Waals surface area (Å²) < 4.78 is 33.6. The van der Waals surface area contributed by atoms with Crippen molar-refractivity contribution in [3.05, 3.63) is 106 Å². The van der Waals surface area contributed by atoms with Gasteiger partial charge in [0.05, 0.1) is 5.56 Å². The molecule has 2 aromatic carbocycles. The van der Waals surface area contributed by atoms with Gasteiger partial charge in [-0.05, 0) is 54.9 Å². The zero-order valence-corrected chi connectivity index (χ0v) is 21.2. The molecule has 192 valence electrons. The Bertz CT molecular complexity index is 1530. The molecule has 8 nitrogen and oxygen atoms in total. The lowest BCUT2D eigenvalue weighted by molar-refractivity contribution is 0.379. The zero-order chi connectivity index (χ0) is 26.0. The minimum atomic E-state index is -3.89. The van der Waals surface area contributed by atoms with Crippen molar-refractivity contribution < 1.29 is 17.9 Å². The molecule has 2 heterocycles. The molecule has 37 heavy (non-hydrogen) atoms. The lowest BCUT2D eigenvalue weighted by atomic mass is 9.86. The van der Waals surface area contributed by atoms with Crippen LogP contribution in [0.25, 0.3) is 0 Å². The molecule has 1 fully saturated rings. The molecular formula is C28H29N3O5S. The van der Waals surface area contributed by atoms with Gasteiger partial charge in [-0.15, -0.1) is 0 Å². The number of hydrogen-bond donors (Lipinski definition) is 3. The van der Waals surface area contributed by atoms with E-state index in [1.165, 1.54) is 12.4 Å². The number of nitrogens with zero attached hydrogens (tertiary/aromatic N) is 1. The third-order valence-electron chi connectivity index (χ3n) is 6.84. The number of aromatic hydroxyl groups is 1. The molecule has 9 heteroatoms. The molecule has 1 saturated carbocycles. The van der Waals surface area contributed by atoms with E-state index in [4.69, 9.17) is 4.42 Å². The Hall–Kier alpha value is -3.85. The highest BCUT2D eigenvalue weighted by Gasteiger charge is 2.38. The molecule has 5 rings (SSSR count). The molecule has 0 saturated heterocycles. The second kappa shape index (κ2) is 10.3. The van der Waals surface area contributed by atoms with E-state index in [0.717, 1.165) is 30.4 Å². The molecular weight excluding hydrogens is 490 g/mol. The third-order valence-corrected chi connectivity index (χ3v) is 8.07. The minimum Gasteiger partial charge on any atom is -0.507 e. The summed E-state index contributed by atoms with van der Waals surface area (Å²) in [5.41, 5.74) is 1.86. The number of imidazole rings is 1. The van der Waals surface area contributed by atoms with Crippen molar-refractivity contribution in [3.8, 4) is 5.75 Å². The van der Waals surface area contributed by atoms with Gasteiger partial charge in [-0.3, -0.25) is 4.72 Å². The van der Waals surface area contributed by atoms with Crippen LogP contribution >= 0.6 is 0 Å². The molecule has 4 aromatic rings. The lowest BCUT2D eigenvalue weighted by Crippen LogP contribution is -2.18. The van der Waals surface area contributed by atoms with Gasteiger partial charge in [0.25, 0.3) is 10.0 Å². The van der Waals surface area contributed by atoms with E-state index in [1.54, 1.807) is 24.3 Å². The van der Waals surface area contributed by atoms with E-state index in [0.29, 0.717) is 17.9 Å². The van der Waals surface area contributed by atoms with E-state index in [9.17, 15) is 18.3 Å². The van der Waals surface area contributed by atoms with Gasteiger partial charge in [-0.25, -0.2) is 9.78 Å². The summed E-state index contributed by atoms with van der Waals surface area (Å²) >= 11 is 0. The fraction of sp³-hybridized carbons (Fsp3) is 0.286. The van der Waals surface area contributed by atoms with Crippen molar-refractivity contribution in [3.63, 3.8) is 0 Å². The monoisotopic (exact) mass is 519 g/mol. The van der Waals surface area contributed by atoms with Crippen molar-refractivity contribution in [1.29, 1.82) is 0 Å². The van der Waals surface area contributed by atoms with Crippen molar-refractivity contribution in [2.75, 3.05) is 4.72 Å². The molecule has 3 N–H and O–H groups in total. The maximum absolute atomic E-state index is 13.3. The largest absolute Gasteiger partial charge is 0.507 e. The van der Waals surface area contributed by atoms with Crippen LogP contribution in [0.5, 0.6) is 5.75 Å². The van der Waals surface area contributed by atoms with Crippen LogP contribution in [0.4, 0.5) is 5.69 Å². The highest BCUT2D eigenvalue weighted by atomic mass is 32.2. The van der Waals surface area contributed by atoms with Gasteiger partial charge in [-0.1, -0.05) is 49.4 Å². The number of hydrogen-bond acceptors (Lipinski definition) is 6. The van der Waals surface area contributed by atoms with E-state index < -0.39 is 21.6 Å². The van der Waals surface area contributed by atoms with Crippen LogP contribution in [-0.4, -0.2) is 23.5 Å². The van der Waals surface area contributed by atoms with Gasteiger partial charge in [0.2, 0.25) is 5.16 Å². The molecule has 0 aliphatic heterocycles. The molecule has 1 aliphatic rings. The van der Waals surface area contributed by atoms with Crippen LogP contribution in [0, 0.1) is 5.92 Å². The maximum atomic E-state index is 13.3. The number of anilines is 1. The van der Waals surface area contributed by atoms with E-state index in [1.807, 2.05) is 43.3 Å². The first-order valence-corrected chi connectivity index (χ1v) is 13.9. The van der Waals surface area contributed by atoms with Gasteiger partial charge in [0.1, 0.15) is 11.5 Å². The smallest absolute Gasteiger partial charge is 0.343 e. The Morgan fingerprint density at radius 3 is 2.57 bits per heavy atom. The quantitative estimate of drug-likeness (QED) is 0.266. The van der Waals surface area contributed by atoms with E-state index in [2.05, 4.69) is 14.7 Å². The normalized spacial score (nSPS) is 15.3. The van der Waals surface area contributed by atoms with Gasteiger partial charge >= 0.3 is 5.63 Å². The Kier molecular flexibility index (Phi) is 6.88. The fourth-order valence-corrected chi connectivity index (χ4v) is 5.80. The fourth-order valence-electron chi connectivity index (χ4n) is 4.84. The van der Waals surface area contributed by atoms with Crippen LogP contribution in [-0.2, 0) is 16.4 Å². The summed E-state index contributed by atoms with van der Waals surface area (Å²) in [5, 5.41) is 10.9. The van der Waals surface area contributed by atoms with Crippen LogP contribution < -0.4 is 10.3 Å². The van der Waals surface area contributed by atoms with Crippen LogP contribution in [0.2, 0.25) is 0 Å². The second-order valence-electron chi connectivity index (χ2n) is 9.47. The SMILES string of the molecule is CCC(Cc1ccccc1)c1cc(O)c(C(c2cccc(NS(=O)(=O)c3ncc[nH]3)c2)C2CC2)c(=O)o1. The molecule has 0 amide bonds. The van der Waals surface area contributed by atoms with Gasteiger partial charge < -0.3 is 14.5 Å². The summed E-state index contributed by atoms with van der Waals surface area (Å²) in [6.07, 6.45) is 6.05. The predicted molar refractivity (Wildman–Crippen MR) is 140 cm³/mol. The van der Waals surface area contributed by atoms with E-state index in [-0.39, 0.29) is 28.3 Å². The average Bonchev–Trinajstić information content (AvgIpc) is 3.55. The molecule has 0 radical (unpaired) electrons. The Morgan fingerprint density at radius 2 is 1.92 bits per heavy atom. The predicted octanol–water partition coefficient (Wildman–Crippen LogP) is 5.15. The molecule has 2 unspecified atom stereocenters. The van der Waals surface area contributed by atoms with Crippen LogP contribution in [0.3, 0.4) is 0 Å². The molecule has 1 aliphatic carbocycles. The molecule has 0 spiro atoms. The number of nitrogens with one attached hydrogen (secondary N) is 2. The van der Waals surface area contributed by atoms with Crippen LogP contribution in [0.15, 0.2) is 87.4 Å². The van der Waals surface area contributed by atoms with Crippen LogP contribution in [0.1, 0.15) is 60.5 Å². The lowest BCUT2D eigenvalue weighted by Gasteiger charge is -2.20. The van der Waals surface area contributed by atoms with Gasteiger partial charge in [0, 0.05) is 36.0 Å². The number of benzene rings is 2. The van der Waals surface area contributed by atoms with Crippen molar-refractivity contribution in [2.24, 2.45) is 5.92 Å². The van der Waals surface area contributed by atoms with Crippen molar-refractivity contribution in [2.45, 2.75) is 49.6 Å². The van der Waals surface area contributed by atoms with E-state index >= 15 is 0 Å². The summed E-state index contributed by atoms with van der Waals surface area (Å²) in [5.74, 6) is 0.0764. The first kappa shape index (κ1) is 24.8. The number of aromatic amines is 1. The number of aromatic nitrogens is 2. The highest BCUT2D eigenvalue weighted by molar-refractivity contribution is 7.92. The standard InChI is InChI=1S/C28H29N3O5S/c1-2-19(15-18-7-4-3-5-8-18)24-17-23(32)26(27(33)36-24)25(20-11-12-20)21-9-6-10-22(16-21)31-37(34,35)28-29-13-14-30-28/h3-10,13-14,16-17,19-20,25,31-32H,2,11-12,15H2,1H3,(H,29,30).